The van der Waals surface area contributed by atoms with Gasteiger partial charge in [-0.2, -0.15) is 0 Å². The molecule has 0 aromatic carbocycles. The third kappa shape index (κ3) is 6.00. The van der Waals surface area contributed by atoms with Gasteiger partial charge in [-0.25, -0.2) is 0 Å². The summed E-state index contributed by atoms with van der Waals surface area (Å²) < 4.78 is 0. The van der Waals surface area contributed by atoms with Gasteiger partial charge in [-0.1, -0.05) is 12.8 Å². The third-order valence-corrected chi connectivity index (χ3v) is 2.31. The van der Waals surface area contributed by atoms with Gasteiger partial charge in [0.2, 0.25) is 0 Å². The lowest BCUT2D eigenvalue weighted by atomic mass is 10.3. The van der Waals surface area contributed by atoms with Crippen molar-refractivity contribution in [1.29, 1.82) is 0 Å². The smallest absolute Gasteiger partial charge is 0.0550 e. The maximum Gasteiger partial charge on any atom is 0.0550 e. The van der Waals surface area contributed by atoms with Crippen molar-refractivity contribution in [3.8, 4) is 11.8 Å². The maximum absolute atomic E-state index is 5.38. The second-order valence-corrected chi connectivity index (χ2v) is 3.55. The molecular formula is C8H15NS. The van der Waals surface area contributed by atoms with Gasteiger partial charge in [0.25, 0.3) is 0 Å². The Hall–Kier alpha value is -0.130. The fourth-order valence-electron chi connectivity index (χ4n) is 0.574. The first-order valence-electron chi connectivity index (χ1n) is 3.52. The molecule has 1 nitrogen and oxygen atoms in total. The van der Waals surface area contributed by atoms with Crippen LogP contribution in [0, 0.1) is 11.8 Å². The van der Waals surface area contributed by atoms with Gasteiger partial charge in [-0.3, -0.25) is 0 Å². The summed E-state index contributed by atoms with van der Waals surface area (Å²) in [5.41, 5.74) is 5.38. The van der Waals surface area contributed by atoms with E-state index in [1.54, 1.807) is 0 Å². The van der Waals surface area contributed by atoms with Gasteiger partial charge in [0, 0.05) is 5.25 Å². The molecule has 2 heteroatoms. The van der Waals surface area contributed by atoms with Gasteiger partial charge in [-0.05, 0) is 19.9 Å². The first-order chi connectivity index (χ1) is 4.81. The van der Waals surface area contributed by atoms with Crippen LogP contribution in [0.2, 0.25) is 0 Å². The second-order valence-electron chi connectivity index (χ2n) is 2.13. The van der Waals surface area contributed by atoms with Crippen LogP contribution < -0.4 is 5.73 Å². The molecule has 10 heavy (non-hydrogen) atoms. The van der Waals surface area contributed by atoms with Gasteiger partial charge >= 0.3 is 0 Å². The molecule has 1 unspecified atom stereocenters. The van der Waals surface area contributed by atoms with E-state index in [-0.39, 0.29) is 0 Å². The van der Waals surface area contributed by atoms with Gasteiger partial charge < -0.3 is 5.73 Å². The zero-order chi connectivity index (χ0) is 7.82. The first-order valence-corrected chi connectivity index (χ1v) is 4.57. The average Bonchev–Trinajstić information content (AvgIpc) is 1.89. The first kappa shape index (κ1) is 9.87. The zero-order valence-electron chi connectivity index (χ0n) is 6.68. The average molecular weight is 157 g/mol. The van der Waals surface area contributed by atoms with E-state index in [9.17, 15) is 0 Å². The van der Waals surface area contributed by atoms with E-state index in [0.29, 0.717) is 5.25 Å². The standard InChI is InChI=1S/C8H15NS/c1-3-4-7-10-8(2)5-6-9/h8H,5-7,9H2,1-2H3. The summed E-state index contributed by atoms with van der Waals surface area (Å²) in [5, 5.41) is 0.658. The summed E-state index contributed by atoms with van der Waals surface area (Å²) in [4.78, 5) is 0. The SMILES string of the molecule is CC#CCSC(C)CCN. The van der Waals surface area contributed by atoms with Crippen molar-refractivity contribution >= 4 is 11.8 Å². The Bertz CT molecular complexity index is 123. The number of hydrogen-bond acceptors (Lipinski definition) is 2. The molecule has 2 N–H and O–H groups in total. The summed E-state index contributed by atoms with van der Waals surface area (Å²) in [6.07, 6.45) is 1.09. The van der Waals surface area contributed by atoms with Crippen LogP contribution in [0.25, 0.3) is 0 Å². The van der Waals surface area contributed by atoms with Gasteiger partial charge in [-0.15, -0.1) is 17.7 Å². The Morgan fingerprint density at radius 1 is 1.60 bits per heavy atom. The van der Waals surface area contributed by atoms with Crippen molar-refractivity contribution < 1.29 is 0 Å². The van der Waals surface area contributed by atoms with Gasteiger partial charge in [0.1, 0.15) is 0 Å². The highest BCUT2D eigenvalue weighted by Gasteiger charge is 1.97. The highest BCUT2D eigenvalue weighted by Crippen LogP contribution is 2.11. The van der Waals surface area contributed by atoms with Crippen molar-refractivity contribution in [3.05, 3.63) is 0 Å². The topological polar surface area (TPSA) is 26.0 Å². The molecule has 0 amide bonds. The van der Waals surface area contributed by atoms with Crippen molar-refractivity contribution in [2.45, 2.75) is 25.5 Å². The Labute approximate surface area is 67.8 Å². The van der Waals surface area contributed by atoms with Crippen LogP contribution in [0.4, 0.5) is 0 Å². The molecule has 0 spiro atoms. The summed E-state index contributed by atoms with van der Waals surface area (Å²) in [6, 6.07) is 0. The van der Waals surface area contributed by atoms with E-state index >= 15 is 0 Å². The van der Waals surface area contributed by atoms with Gasteiger partial charge in [0.15, 0.2) is 0 Å². The Kier molecular flexibility index (Phi) is 6.89. The molecule has 0 aliphatic rings. The Morgan fingerprint density at radius 3 is 2.80 bits per heavy atom. The van der Waals surface area contributed by atoms with Crippen LogP contribution in [0.3, 0.4) is 0 Å². The summed E-state index contributed by atoms with van der Waals surface area (Å²) in [7, 11) is 0. The zero-order valence-corrected chi connectivity index (χ0v) is 7.50. The fraction of sp³-hybridized carbons (Fsp3) is 0.750. The molecule has 0 aliphatic carbocycles. The Balaban J connectivity index is 3.18. The molecule has 0 saturated carbocycles. The van der Waals surface area contributed by atoms with Crippen molar-refractivity contribution in [2.24, 2.45) is 5.73 Å². The fourth-order valence-corrected chi connectivity index (χ4v) is 1.39. The van der Waals surface area contributed by atoms with E-state index in [0.717, 1.165) is 18.7 Å². The highest BCUT2D eigenvalue weighted by atomic mass is 32.2. The Morgan fingerprint density at radius 2 is 2.30 bits per heavy atom. The third-order valence-electron chi connectivity index (χ3n) is 1.19. The van der Waals surface area contributed by atoms with Crippen LogP contribution in [0.1, 0.15) is 20.3 Å². The second kappa shape index (κ2) is 6.98. The molecule has 0 heterocycles. The normalized spacial score (nSPS) is 11.9. The highest BCUT2D eigenvalue weighted by molar-refractivity contribution is 8.00. The molecule has 0 rings (SSSR count). The quantitative estimate of drug-likeness (QED) is 0.626. The molecule has 58 valence electrons. The van der Waals surface area contributed by atoms with Crippen molar-refractivity contribution in [3.63, 3.8) is 0 Å². The lowest BCUT2D eigenvalue weighted by Gasteiger charge is -2.05. The monoisotopic (exact) mass is 157 g/mol. The van der Waals surface area contributed by atoms with Crippen LogP contribution in [0.15, 0.2) is 0 Å². The molecule has 0 aromatic rings. The minimum atomic E-state index is 0.658. The van der Waals surface area contributed by atoms with Crippen LogP contribution in [0.5, 0.6) is 0 Å². The maximum atomic E-state index is 5.38. The predicted molar refractivity (Wildman–Crippen MR) is 49.0 cm³/mol. The van der Waals surface area contributed by atoms with Crippen LogP contribution in [-0.2, 0) is 0 Å². The molecule has 0 bridgehead atoms. The molecule has 0 aliphatic heterocycles. The predicted octanol–water partition coefficient (Wildman–Crippen LogP) is 1.48. The van der Waals surface area contributed by atoms with Crippen molar-refractivity contribution in [2.75, 3.05) is 12.3 Å². The number of rotatable bonds is 4. The molecule has 0 fully saturated rings. The molecule has 0 aromatic heterocycles. The van der Waals surface area contributed by atoms with E-state index in [1.807, 2.05) is 18.7 Å². The van der Waals surface area contributed by atoms with Crippen LogP contribution >= 0.6 is 11.8 Å². The largest absolute Gasteiger partial charge is 0.330 e. The molecule has 0 radical (unpaired) electrons. The number of thioether (sulfide) groups is 1. The van der Waals surface area contributed by atoms with Gasteiger partial charge in [0.05, 0.1) is 5.75 Å². The van der Waals surface area contributed by atoms with Crippen molar-refractivity contribution in [1.82, 2.24) is 0 Å². The lowest BCUT2D eigenvalue weighted by molar-refractivity contribution is 0.824. The minimum Gasteiger partial charge on any atom is -0.330 e. The molecular weight excluding hydrogens is 142 g/mol. The van der Waals surface area contributed by atoms with Crippen LogP contribution in [-0.4, -0.2) is 17.5 Å². The number of hydrogen-bond donors (Lipinski definition) is 1. The van der Waals surface area contributed by atoms with E-state index < -0.39 is 0 Å². The van der Waals surface area contributed by atoms with E-state index in [4.69, 9.17) is 5.73 Å². The number of nitrogens with two attached hydrogens (primary N) is 1. The molecule has 1 atom stereocenters. The summed E-state index contributed by atoms with van der Waals surface area (Å²) >= 11 is 1.87. The summed E-state index contributed by atoms with van der Waals surface area (Å²) in [5.74, 6) is 6.81. The van der Waals surface area contributed by atoms with E-state index in [1.165, 1.54) is 0 Å². The lowest BCUT2D eigenvalue weighted by Crippen LogP contribution is -2.07. The van der Waals surface area contributed by atoms with E-state index in [2.05, 4.69) is 18.8 Å². The summed E-state index contributed by atoms with van der Waals surface area (Å²) in [6.45, 7) is 4.84. The minimum absolute atomic E-state index is 0.658. The molecule has 0 saturated heterocycles.